The van der Waals surface area contributed by atoms with Crippen LogP contribution in [0.1, 0.15) is 25.7 Å². The third-order valence-electron chi connectivity index (χ3n) is 4.07. The average Bonchev–Trinajstić information content (AvgIpc) is 3.08. The first-order valence-electron chi connectivity index (χ1n) is 7.22. The molecule has 3 aliphatic rings. The number of aliphatic imine (C=N–C) groups is 1. The van der Waals surface area contributed by atoms with Crippen LogP contribution in [0.3, 0.4) is 0 Å². The Bertz CT molecular complexity index is 342. The highest BCUT2D eigenvalue weighted by Crippen LogP contribution is 2.39. The van der Waals surface area contributed by atoms with Gasteiger partial charge in [0.15, 0.2) is 11.7 Å². The minimum Gasteiger partial charge on any atom is -0.378 e. The Hall–Kier alpha value is -0.120. The van der Waals surface area contributed by atoms with Gasteiger partial charge in [0.25, 0.3) is 0 Å². The number of nitrogens with two attached hydrogens (primary N) is 1. The summed E-state index contributed by atoms with van der Waals surface area (Å²) < 4.78 is 17.1. The van der Waals surface area contributed by atoms with Crippen molar-refractivity contribution in [2.24, 2.45) is 10.7 Å². The molecule has 0 aromatic rings. The van der Waals surface area contributed by atoms with Gasteiger partial charge in [0, 0.05) is 25.9 Å². The maximum absolute atomic E-state index is 6.02. The number of rotatable bonds is 2. The standard InChI is InChI=1S/C13H23N3O3.HI/c14-12(16-5-7-17-8-6-16)15-9-11-10-18-13(19-11)3-1-2-4-13;/h11H,1-10H2,(H2,14,15);1H. The Balaban J connectivity index is 0.00000147. The van der Waals surface area contributed by atoms with Gasteiger partial charge in [0.05, 0.1) is 26.4 Å². The van der Waals surface area contributed by atoms with Crippen LogP contribution in [0.15, 0.2) is 4.99 Å². The summed E-state index contributed by atoms with van der Waals surface area (Å²) in [5, 5.41) is 0. The molecule has 20 heavy (non-hydrogen) atoms. The number of nitrogens with zero attached hydrogens (tertiary/aromatic N) is 2. The molecule has 116 valence electrons. The average molecular weight is 397 g/mol. The number of guanidine groups is 1. The number of halogens is 1. The lowest BCUT2D eigenvalue weighted by molar-refractivity contribution is -0.160. The summed E-state index contributed by atoms with van der Waals surface area (Å²) in [7, 11) is 0. The van der Waals surface area contributed by atoms with Gasteiger partial charge < -0.3 is 24.8 Å². The zero-order valence-electron chi connectivity index (χ0n) is 11.8. The summed E-state index contributed by atoms with van der Waals surface area (Å²) in [5.74, 6) is 0.299. The van der Waals surface area contributed by atoms with Crippen molar-refractivity contribution in [3.05, 3.63) is 0 Å². The van der Waals surface area contributed by atoms with E-state index in [4.69, 9.17) is 19.9 Å². The van der Waals surface area contributed by atoms with E-state index in [0.717, 1.165) is 39.1 Å². The molecule has 2 heterocycles. The van der Waals surface area contributed by atoms with Crippen LogP contribution in [0.5, 0.6) is 0 Å². The second kappa shape index (κ2) is 7.24. The molecule has 0 bridgehead atoms. The zero-order valence-corrected chi connectivity index (χ0v) is 14.1. The van der Waals surface area contributed by atoms with Gasteiger partial charge in [-0.25, -0.2) is 0 Å². The van der Waals surface area contributed by atoms with E-state index in [2.05, 4.69) is 9.89 Å². The molecule has 0 amide bonds. The molecular formula is C13H24IN3O3. The third kappa shape index (κ3) is 3.75. The fraction of sp³-hybridized carbons (Fsp3) is 0.923. The lowest BCUT2D eigenvalue weighted by atomic mass is 10.2. The van der Waals surface area contributed by atoms with Gasteiger partial charge in [0.1, 0.15) is 6.10 Å². The predicted octanol–water partition coefficient (Wildman–Crippen LogP) is 0.937. The molecule has 1 unspecified atom stereocenters. The van der Waals surface area contributed by atoms with Gasteiger partial charge in [-0.1, -0.05) is 0 Å². The van der Waals surface area contributed by atoms with E-state index in [0.29, 0.717) is 19.1 Å². The second-order valence-corrected chi connectivity index (χ2v) is 5.47. The van der Waals surface area contributed by atoms with Crippen LogP contribution < -0.4 is 5.73 Å². The molecule has 0 aromatic carbocycles. The van der Waals surface area contributed by atoms with Gasteiger partial charge in [-0.15, -0.1) is 24.0 Å². The van der Waals surface area contributed by atoms with E-state index in [9.17, 15) is 0 Å². The van der Waals surface area contributed by atoms with Crippen LogP contribution in [-0.4, -0.2) is 62.2 Å². The van der Waals surface area contributed by atoms with E-state index in [1.807, 2.05) is 0 Å². The van der Waals surface area contributed by atoms with Gasteiger partial charge >= 0.3 is 0 Å². The molecule has 2 aliphatic heterocycles. The SMILES string of the molecule is I.NC(=NCC1COC2(CCCC2)O1)N1CCOCC1. The summed E-state index contributed by atoms with van der Waals surface area (Å²) in [6.45, 7) is 4.32. The molecular weight excluding hydrogens is 373 g/mol. The number of hydrogen-bond donors (Lipinski definition) is 1. The fourth-order valence-electron chi connectivity index (χ4n) is 2.97. The summed E-state index contributed by atoms with van der Waals surface area (Å²) in [6, 6.07) is 0. The Kier molecular flexibility index (Phi) is 5.88. The van der Waals surface area contributed by atoms with Crippen molar-refractivity contribution in [3.8, 4) is 0 Å². The molecule has 1 spiro atoms. The lowest BCUT2D eigenvalue weighted by Crippen LogP contribution is -2.45. The van der Waals surface area contributed by atoms with Crippen LogP contribution in [0.2, 0.25) is 0 Å². The van der Waals surface area contributed by atoms with Crippen LogP contribution >= 0.6 is 24.0 Å². The Labute approximate surface area is 137 Å². The van der Waals surface area contributed by atoms with Crippen molar-refractivity contribution in [2.75, 3.05) is 39.5 Å². The highest BCUT2D eigenvalue weighted by Gasteiger charge is 2.43. The predicted molar refractivity (Wildman–Crippen MR) is 86.3 cm³/mol. The van der Waals surface area contributed by atoms with E-state index in [1.54, 1.807) is 0 Å². The van der Waals surface area contributed by atoms with Crippen molar-refractivity contribution in [1.29, 1.82) is 0 Å². The van der Waals surface area contributed by atoms with Gasteiger partial charge in [-0.05, 0) is 12.8 Å². The van der Waals surface area contributed by atoms with Crippen molar-refractivity contribution in [1.82, 2.24) is 4.90 Å². The number of ether oxygens (including phenoxy) is 3. The summed E-state index contributed by atoms with van der Waals surface area (Å²) in [4.78, 5) is 6.50. The second-order valence-electron chi connectivity index (χ2n) is 5.47. The van der Waals surface area contributed by atoms with Crippen molar-refractivity contribution in [3.63, 3.8) is 0 Å². The summed E-state index contributed by atoms with van der Waals surface area (Å²) in [6.07, 6.45) is 4.49. The quantitative estimate of drug-likeness (QED) is 0.427. The zero-order chi connectivity index (χ0) is 13.1. The minimum atomic E-state index is -0.298. The Morgan fingerprint density at radius 3 is 2.65 bits per heavy atom. The van der Waals surface area contributed by atoms with Crippen molar-refractivity contribution < 1.29 is 14.2 Å². The van der Waals surface area contributed by atoms with E-state index >= 15 is 0 Å². The van der Waals surface area contributed by atoms with Crippen LogP contribution in [-0.2, 0) is 14.2 Å². The first kappa shape index (κ1) is 16.3. The molecule has 6 nitrogen and oxygen atoms in total. The first-order valence-corrected chi connectivity index (χ1v) is 7.22. The largest absolute Gasteiger partial charge is 0.378 e. The molecule has 7 heteroatoms. The maximum atomic E-state index is 6.02. The molecule has 2 N–H and O–H groups in total. The van der Waals surface area contributed by atoms with Crippen LogP contribution in [0.25, 0.3) is 0 Å². The molecule has 3 fully saturated rings. The highest BCUT2D eigenvalue weighted by molar-refractivity contribution is 14.0. The molecule has 1 saturated carbocycles. The molecule has 2 saturated heterocycles. The fourth-order valence-corrected chi connectivity index (χ4v) is 2.97. The van der Waals surface area contributed by atoms with E-state index in [1.165, 1.54) is 12.8 Å². The van der Waals surface area contributed by atoms with Gasteiger partial charge in [-0.2, -0.15) is 0 Å². The molecule has 3 rings (SSSR count). The Morgan fingerprint density at radius 2 is 1.95 bits per heavy atom. The molecule has 1 atom stereocenters. The molecule has 0 radical (unpaired) electrons. The maximum Gasteiger partial charge on any atom is 0.191 e. The van der Waals surface area contributed by atoms with Gasteiger partial charge in [0.2, 0.25) is 0 Å². The highest BCUT2D eigenvalue weighted by atomic mass is 127. The Morgan fingerprint density at radius 1 is 1.25 bits per heavy atom. The first-order chi connectivity index (χ1) is 9.27. The monoisotopic (exact) mass is 397 g/mol. The molecule has 0 aromatic heterocycles. The topological polar surface area (TPSA) is 69.3 Å². The summed E-state index contributed by atoms with van der Waals surface area (Å²) in [5.41, 5.74) is 6.00. The number of hydrogen-bond acceptors (Lipinski definition) is 4. The summed E-state index contributed by atoms with van der Waals surface area (Å²) >= 11 is 0. The van der Waals surface area contributed by atoms with E-state index in [-0.39, 0.29) is 35.9 Å². The lowest BCUT2D eigenvalue weighted by Gasteiger charge is -2.27. The van der Waals surface area contributed by atoms with Crippen LogP contribution in [0.4, 0.5) is 0 Å². The van der Waals surface area contributed by atoms with Gasteiger partial charge in [-0.3, -0.25) is 4.99 Å². The molecule has 1 aliphatic carbocycles. The van der Waals surface area contributed by atoms with Crippen LogP contribution in [0, 0.1) is 0 Å². The normalized spacial score (nSPS) is 29.7. The minimum absolute atomic E-state index is 0. The smallest absolute Gasteiger partial charge is 0.191 e. The van der Waals surface area contributed by atoms with Crippen molar-refractivity contribution >= 4 is 29.9 Å². The third-order valence-corrected chi connectivity index (χ3v) is 4.07. The van der Waals surface area contributed by atoms with Crippen molar-refractivity contribution in [2.45, 2.75) is 37.6 Å². The van der Waals surface area contributed by atoms with E-state index < -0.39 is 0 Å². The number of morpholine rings is 1.